The van der Waals surface area contributed by atoms with Crippen LogP contribution >= 0.6 is 28.3 Å². The molecule has 2 N–H and O–H groups in total. The van der Waals surface area contributed by atoms with Gasteiger partial charge in [-0.05, 0) is 50.1 Å². The molecular weight excluding hydrogens is 356 g/mol. The van der Waals surface area contributed by atoms with Gasteiger partial charge in [0.2, 0.25) is 0 Å². The van der Waals surface area contributed by atoms with Crippen molar-refractivity contribution in [3.8, 4) is 0 Å². The molecule has 1 aromatic heterocycles. The molecule has 1 aliphatic heterocycles. The van der Waals surface area contributed by atoms with Gasteiger partial charge in [-0.3, -0.25) is 4.79 Å². The molecule has 2 heterocycles. The summed E-state index contributed by atoms with van der Waals surface area (Å²) in [6.45, 7) is 3.41. The molecule has 1 amide bonds. The van der Waals surface area contributed by atoms with E-state index in [2.05, 4.69) is 22.9 Å². The van der Waals surface area contributed by atoms with Gasteiger partial charge >= 0.3 is 0 Å². The van der Waals surface area contributed by atoms with Crippen molar-refractivity contribution in [2.75, 3.05) is 13.1 Å². The number of hydrogen-bond acceptors (Lipinski definition) is 3. The number of fused-ring (bicyclic) bond motifs is 1. The van der Waals surface area contributed by atoms with Crippen LogP contribution in [0.1, 0.15) is 23.9 Å². The highest BCUT2D eigenvalue weighted by Gasteiger charge is 2.33. The third-order valence-corrected chi connectivity index (χ3v) is 4.44. The molecule has 0 bridgehead atoms. The van der Waals surface area contributed by atoms with Gasteiger partial charge in [-0.2, -0.15) is 0 Å². The Morgan fingerprint density at radius 2 is 2.24 bits per heavy atom. The summed E-state index contributed by atoms with van der Waals surface area (Å²) in [6, 6.07) is 7.75. The summed E-state index contributed by atoms with van der Waals surface area (Å²) in [5.74, 6) is 0.760. The van der Waals surface area contributed by atoms with Crippen LogP contribution in [0, 0.1) is 5.92 Å². The average Bonchev–Trinajstić information content (AvgIpc) is 3.00. The molecule has 0 radical (unpaired) electrons. The Balaban J connectivity index is 0.00000161. The van der Waals surface area contributed by atoms with Crippen molar-refractivity contribution in [3.05, 3.63) is 34.5 Å². The Morgan fingerprint density at radius 3 is 2.90 bits per heavy atom. The van der Waals surface area contributed by atoms with Crippen molar-refractivity contribution in [2.45, 2.75) is 19.4 Å². The fourth-order valence-corrected chi connectivity index (χ4v) is 3.24. The second-order valence-electron chi connectivity index (χ2n) is 5.44. The molecular formula is C15H18BrClN2O2. The van der Waals surface area contributed by atoms with Gasteiger partial charge in [-0.15, -0.1) is 12.4 Å². The number of nitrogens with two attached hydrogens (primary N) is 1. The summed E-state index contributed by atoms with van der Waals surface area (Å²) in [6.07, 6.45) is 0.966. The topological polar surface area (TPSA) is 59.5 Å². The normalized spacial score (nSPS) is 21.6. The molecule has 6 heteroatoms. The molecule has 0 saturated carbocycles. The lowest BCUT2D eigenvalue weighted by molar-refractivity contribution is 0.0713. The van der Waals surface area contributed by atoms with E-state index in [1.54, 1.807) is 0 Å². The van der Waals surface area contributed by atoms with E-state index in [0.29, 0.717) is 18.2 Å². The highest BCUT2D eigenvalue weighted by Crippen LogP contribution is 2.28. The van der Waals surface area contributed by atoms with Gasteiger partial charge < -0.3 is 15.1 Å². The SMILES string of the molecule is CC1CC(CN)CN1C(=O)c1cc2cc(Br)ccc2o1.Cl. The summed E-state index contributed by atoms with van der Waals surface area (Å²) in [5, 5.41) is 0.935. The number of carbonyl (C=O) groups excluding carboxylic acids is 1. The van der Waals surface area contributed by atoms with Crippen molar-refractivity contribution in [2.24, 2.45) is 11.7 Å². The largest absolute Gasteiger partial charge is 0.451 e. The minimum atomic E-state index is -0.0410. The minimum Gasteiger partial charge on any atom is -0.451 e. The summed E-state index contributed by atoms with van der Waals surface area (Å²) in [5.41, 5.74) is 6.44. The molecule has 21 heavy (non-hydrogen) atoms. The summed E-state index contributed by atoms with van der Waals surface area (Å²) >= 11 is 3.42. The van der Waals surface area contributed by atoms with E-state index >= 15 is 0 Å². The second kappa shape index (κ2) is 6.38. The van der Waals surface area contributed by atoms with Crippen molar-refractivity contribution >= 4 is 45.2 Å². The lowest BCUT2D eigenvalue weighted by Gasteiger charge is -2.19. The maximum absolute atomic E-state index is 12.6. The summed E-state index contributed by atoms with van der Waals surface area (Å²) in [7, 11) is 0. The van der Waals surface area contributed by atoms with Crippen LogP contribution in [0.3, 0.4) is 0 Å². The zero-order valence-corrected chi connectivity index (χ0v) is 14.1. The first-order valence-corrected chi connectivity index (χ1v) is 7.58. The second-order valence-corrected chi connectivity index (χ2v) is 6.35. The quantitative estimate of drug-likeness (QED) is 0.877. The van der Waals surface area contributed by atoms with Gasteiger partial charge in [-0.1, -0.05) is 15.9 Å². The predicted molar refractivity (Wildman–Crippen MR) is 88.8 cm³/mol. The van der Waals surface area contributed by atoms with Crippen LogP contribution in [0.25, 0.3) is 11.0 Å². The summed E-state index contributed by atoms with van der Waals surface area (Å²) in [4.78, 5) is 14.4. The fourth-order valence-electron chi connectivity index (χ4n) is 2.86. The van der Waals surface area contributed by atoms with Gasteiger partial charge in [0.15, 0.2) is 5.76 Å². The van der Waals surface area contributed by atoms with Crippen LogP contribution in [0.4, 0.5) is 0 Å². The van der Waals surface area contributed by atoms with Gasteiger partial charge in [0.1, 0.15) is 5.58 Å². The molecule has 2 unspecified atom stereocenters. The first-order chi connectivity index (χ1) is 9.58. The first-order valence-electron chi connectivity index (χ1n) is 6.78. The van der Waals surface area contributed by atoms with Gasteiger partial charge in [-0.25, -0.2) is 0 Å². The van der Waals surface area contributed by atoms with Crippen LogP contribution in [0.2, 0.25) is 0 Å². The monoisotopic (exact) mass is 372 g/mol. The van der Waals surface area contributed by atoms with E-state index in [4.69, 9.17) is 10.2 Å². The molecule has 2 atom stereocenters. The molecule has 114 valence electrons. The summed E-state index contributed by atoms with van der Waals surface area (Å²) < 4.78 is 6.65. The van der Waals surface area contributed by atoms with Gasteiger partial charge in [0.25, 0.3) is 5.91 Å². The number of nitrogens with zero attached hydrogens (tertiary/aromatic N) is 1. The first kappa shape index (κ1) is 16.3. The van der Waals surface area contributed by atoms with Crippen LogP contribution in [-0.4, -0.2) is 29.9 Å². The predicted octanol–water partition coefficient (Wildman–Crippen LogP) is 3.43. The number of hydrogen-bond donors (Lipinski definition) is 1. The third kappa shape index (κ3) is 3.10. The molecule has 1 saturated heterocycles. The molecule has 1 aromatic carbocycles. The van der Waals surface area contributed by atoms with E-state index in [0.717, 1.165) is 28.4 Å². The number of rotatable bonds is 2. The average molecular weight is 374 g/mol. The fraction of sp³-hybridized carbons (Fsp3) is 0.400. The number of halogens is 2. The minimum absolute atomic E-state index is 0. The third-order valence-electron chi connectivity index (χ3n) is 3.94. The molecule has 0 spiro atoms. The lowest BCUT2D eigenvalue weighted by atomic mass is 10.1. The maximum Gasteiger partial charge on any atom is 0.289 e. The van der Waals surface area contributed by atoms with Crippen LogP contribution in [0.15, 0.2) is 33.2 Å². The Labute approximate surface area is 138 Å². The highest BCUT2D eigenvalue weighted by atomic mass is 79.9. The molecule has 2 aromatic rings. The van der Waals surface area contributed by atoms with E-state index < -0.39 is 0 Å². The number of amides is 1. The van der Waals surface area contributed by atoms with Gasteiger partial charge in [0.05, 0.1) is 0 Å². The van der Waals surface area contributed by atoms with Crippen molar-refractivity contribution in [1.82, 2.24) is 4.90 Å². The number of carbonyl (C=O) groups is 1. The molecule has 1 fully saturated rings. The molecule has 0 aliphatic carbocycles. The van der Waals surface area contributed by atoms with Crippen molar-refractivity contribution < 1.29 is 9.21 Å². The number of furan rings is 1. The standard InChI is InChI=1S/C15H17BrN2O2.ClH/c1-9-4-10(7-17)8-18(9)15(19)14-6-11-5-12(16)2-3-13(11)20-14;/h2-3,5-6,9-10H,4,7-8,17H2,1H3;1H. The van der Waals surface area contributed by atoms with Crippen LogP contribution in [-0.2, 0) is 0 Å². The van der Waals surface area contributed by atoms with Crippen LogP contribution < -0.4 is 5.73 Å². The van der Waals surface area contributed by atoms with E-state index in [-0.39, 0.29) is 24.4 Å². The Morgan fingerprint density at radius 1 is 1.48 bits per heavy atom. The zero-order chi connectivity index (χ0) is 14.3. The number of benzene rings is 1. The van der Waals surface area contributed by atoms with E-state index in [1.165, 1.54) is 0 Å². The Bertz CT molecular complexity index is 658. The zero-order valence-electron chi connectivity index (χ0n) is 11.7. The van der Waals surface area contributed by atoms with E-state index in [1.807, 2.05) is 29.2 Å². The Hall–Kier alpha value is -1.04. The van der Waals surface area contributed by atoms with E-state index in [9.17, 15) is 4.79 Å². The van der Waals surface area contributed by atoms with Crippen LogP contribution in [0.5, 0.6) is 0 Å². The Kier molecular flexibility index (Phi) is 4.96. The lowest BCUT2D eigenvalue weighted by Crippen LogP contribution is -2.34. The maximum atomic E-state index is 12.6. The molecule has 3 rings (SSSR count). The van der Waals surface area contributed by atoms with Crippen molar-refractivity contribution in [3.63, 3.8) is 0 Å². The molecule has 1 aliphatic rings. The molecule has 4 nitrogen and oxygen atoms in total. The van der Waals surface area contributed by atoms with Crippen molar-refractivity contribution in [1.29, 1.82) is 0 Å². The number of likely N-dealkylation sites (tertiary alicyclic amines) is 1. The smallest absolute Gasteiger partial charge is 0.289 e. The van der Waals surface area contributed by atoms with Gasteiger partial charge in [0, 0.05) is 22.4 Å². The highest BCUT2D eigenvalue weighted by molar-refractivity contribution is 9.10.